The lowest BCUT2D eigenvalue weighted by molar-refractivity contribution is -0.147. The van der Waals surface area contributed by atoms with Crippen molar-refractivity contribution in [3.8, 4) is 5.75 Å². The lowest BCUT2D eigenvalue weighted by Crippen LogP contribution is -2.59. The molecular formula is C32H49N3O6. The van der Waals surface area contributed by atoms with E-state index in [1.54, 1.807) is 29.2 Å². The number of nitrogens with zero attached hydrogens (tertiary/aromatic N) is 1. The highest BCUT2D eigenvalue weighted by molar-refractivity contribution is 6.02. The Kier molecular flexibility index (Phi) is 8.82. The van der Waals surface area contributed by atoms with Crippen molar-refractivity contribution in [3.05, 3.63) is 24.3 Å². The Hall–Kier alpha value is -2.65. The molecule has 41 heavy (non-hydrogen) atoms. The molecule has 3 heterocycles. The number of hydrogen-bond donors (Lipinski definition) is 3. The lowest BCUT2D eigenvalue weighted by atomic mass is 9.65. The third-order valence-corrected chi connectivity index (χ3v) is 8.89. The van der Waals surface area contributed by atoms with Crippen LogP contribution in [0.25, 0.3) is 0 Å². The van der Waals surface area contributed by atoms with Gasteiger partial charge in [0.1, 0.15) is 17.4 Å². The van der Waals surface area contributed by atoms with Gasteiger partial charge >= 0.3 is 0 Å². The van der Waals surface area contributed by atoms with Gasteiger partial charge in [0.2, 0.25) is 17.7 Å². The Morgan fingerprint density at radius 2 is 1.76 bits per heavy atom. The topological polar surface area (TPSA) is 117 Å². The van der Waals surface area contributed by atoms with Crippen LogP contribution in [0.2, 0.25) is 0 Å². The number of fused-ring (bicyclic) bond motifs is 1. The summed E-state index contributed by atoms with van der Waals surface area (Å²) in [4.78, 5) is 44.0. The van der Waals surface area contributed by atoms with Crippen LogP contribution in [-0.4, -0.2) is 70.3 Å². The van der Waals surface area contributed by atoms with Crippen molar-refractivity contribution in [1.29, 1.82) is 0 Å². The second kappa shape index (κ2) is 11.6. The first-order valence-electron chi connectivity index (χ1n) is 15.2. The van der Waals surface area contributed by atoms with Gasteiger partial charge in [-0.05, 0) is 89.0 Å². The summed E-state index contributed by atoms with van der Waals surface area (Å²) in [7, 11) is 0. The first kappa shape index (κ1) is 31.3. The van der Waals surface area contributed by atoms with Gasteiger partial charge in [-0.25, -0.2) is 0 Å². The van der Waals surface area contributed by atoms with Crippen LogP contribution < -0.4 is 15.4 Å². The van der Waals surface area contributed by atoms with E-state index in [1.807, 2.05) is 27.7 Å². The van der Waals surface area contributed by atoms with E-state index in [1.165, 1.54) is 0 Å². The van der Waals surface area contributed by atoms with Crippen LogP contribution in [0, 0.1) is 17.3 Å². The van der Waals surface area contributed by atoms with Gasteiger partial charge in [-0.1, -0.05) is 27.7 Å². The molecule has 228 valence electrons. The summed E-state index contributed by atoms with van der Waals surface area (Å²) in [5.41, 5.74) is -1.79. The third-order valence-electron chi connectivity index (χ3n) is 8.89. The summed E-state index contributed by atoms with van der Waals surface area (Å²) in [6, 6.07) is 6.34. The molecule has 1 spiro atoms. The first-order chi connectivity index (χ1) is 19.2. The highest BCUT2D eigenvalue weighted by Gasteiger charge is 2.78. The molecule has 9 heteroatoms. The van der Waals surface area contributed by atoms with Crippen molar-refractivity contribution in [1.82, 2.24) is 10.2 Å². The maximum absolute atomic E-state index is 14.2. The molecule has 0 radical (unpaired) electrons. The van der Waals surface area contributed by atoms with Crippen LogP contribution in [-0.2, 0) is 19.1 Å². The summed E-state index contributed by atoms with van der Waals surface area (Å²) in [5.74, 6) is -1.47. The normalized spacial score (nSPS) is 29.0. The van der Waals surface area contributed by atoms with Crippen molar-refractivity contribution in [2.75, 3.05) is 25.1 Å². The van der Waals surface area contributed by atoms with Gasteiger partial charge in [0.15, 0.2) is 0 Å². The van der Waals surface area contributed by atoms with E-state index in [0.29, 0.717) is 56.7 Å². The van der Waals surface area contributed by atoms with Crippen LogP contribution in [0.5, 0.6) is 5.75 Å². The number of rotatable bonds is 12. The molecule has 1 aromatic rings. The zero-order valence-corrected chi connectivity index (χ0v) is 25.8. The zero-order valence-electron chi connectivity index (χ0n) is 25.8. The average Bonchev–Trinajstić information content (AvgIpc) is 3.47. The molecule has 2 unspecified atom stereocenters. The van der Waals surface area contributed by atoms with Crippen LogP contribution >= 0.6 is 0 Å². The van der Waals surface area contributed by atoms with E-state index >= 15 is 0 Å². The van der Waals surface area contributed by atoms with E-state index in [0.717, 1.165) is 6.42 Å². The quantitative estimate of drug-likeness (QED) is 0.323. The number of ether oxygens (including phenoxy) is 2. The van der Waals surface area contributed by atoms with Crippen LogP contribution in [0.4, 0.5) is 5.69 Å². The zero-order chi connectivity index (χ0) is 30.2. The minimum atomic E-state index is -1.07. The maximum atomic E-state index is 14.2. The Morgan fingerprint density at radius 1 is 1.07 bits per heavy atom. The summed E-state index contributed by atoms with van der Waals surface area (Å²) in [5, 5.41) is 15.7. The second-order valence-corrected chi connectivity index (χ2v) is 13.9. The van der Waals surface area contributed by atoms with E-state index in [-0.39, 0.29) is 29.7 Å². The number of unbranched alkanes of at least 4 members (excludes halogenated alkanes) is 1. The van der Waals surface area contributed by atoms with E-state index in [9.17, 15) is 19.5 Å². The maximum Gasteiger partial charge on any atom is 0.246 e. The van der Waals surface area contributed by atoms with Crippen molar-refractivity contribution in [3.63, 3.8) is 0 Å². The van der Waals surface area contributed by atoms with Crippen molar-refractivity contribution < 1.29 is 29.0 Å². The number of aliphatic hydroxyl groups is 1. The molecular weight excluding hydrogens is 522 g/mol. The molecule has 1 aromatic carbocycles. The average molecular weight is 572 g/mol. The molecule has 3 saturated heterocycles. The summed E-state index contributed by atoms with van der Waals surface area (Å²) >= 11 is 0. The predicted octanol–water partition coefficient (Wildman–Crippen LogP) is 4.28. The van der Waals surface area contributed by atoms with E-state index in [2.05, 4.69) is 31.4 Å². The first-order valence-corrected chi connectivity index (χ1v) is 15.2. The largest absolute Gasteiger partial charge is 0.494 e. The molecule has 3 fully saturated rings. The molecule has 0 aliphatic carbocycles. The van der Waals surface area contributed by atoms with Crippen molar-refractivity contribution >= 4 is 23.4 Å². The molecule has 3 amide bonds. The number of carbonyl (C=O) groups excluding carboxylic acids is 3. The lowest BCUT2D eigenvalue weighted by Gasteiger charge is -2.38. The number of anilines is 1. The molecule has 0 aromatic heterocycles. The Morgan fingerprint density at radius 3 is 2.34 bits per heavy atom. The highest BCUT2D eigenvalue weighted by atomic mass is 16.5. The smallest absolute Gasteiger partial charge is 0.246 e. The third kappa shape index (κ3) is 5.98. The van der Waals surface area contributed by atoms with Gasteiger partial charge in [-0.3, -0.25) is 14.4 Å². The summed E-state index contributed by atoms with van der Waals surface area (Å²) in [6.07, 6.45) is 3.54. The molecule has 3 aliphatic heterocycles. The Bertz CT molecular complexity index is 1130. The molecule has 3 aliphatic rings. The monoisotopic (exact) mass is 571 g/mol. The molecule has 9 nitrogen and oxygen atoms in total. The number of hydrogen-bond acceptors (Lipinski definition) is 6. The number of aliphatic hydroxyl groups excluding tert-OH is 1. The predicted molar refractivity (Wildman–Crippen MR) is 157 cm³/mol. The van der Waals surface area contributed by atoms with Crippen molar-refractivity contribution in [2.45, 2.75) is 110 Å². The fourth-order valence-electron chi connectivity index (χ4n) is 7.84. The van der Waals surface area contributed by atoms with Gasteiger partial charge < -0.3 is 30.1 Å². The molecule has 4 rings (SSSR count). The Labute approximate surface area is 244 Å². The van der Waals surface area contributed by atoms with Gasteiger partial charge in [-0.2, -0.15) is 0 Å². The number of likely N-dealkylation sites (tertiary alicyclic amines) is 1. The van der Waals surface area contributed by atoms with Gasteiger partial charge in [0.05, 0.1) is 24.0 Å². The Balaban J connectivity index is 1.67. The number of benzene rings is 1. The summed E-state index contributed by atoms with van der Waals surface area (Å²) < 4.78 is 12.4. The van der Waals surface area contributed by atoms with E-state index in [4.69, 9.17) is 9.47 Å². The standard InChI is InChI=1S/C32H49N3O6/c1-8-31-16-17-32(41-31)24(23(31)26(37)33-21-12-14-22(15-13-21)40-9-2)28(39)35(18-10-11-19-36)25(32)27(38)34-30(6,7)20-29(3,4)5/h12-15,23-25,36H,8-11,16-20H2,1-7H3,(H,33,37)(H,34,38)/t23-,24-,25?,31+,32?/m0/s1. The van der Waals surface area contributed by atoms with Gasteiger partial charge in [0, 0.05) is 24.4 Å². The van der Waals surface area contributed by atoms with E-state index < -0.39 is 34.6 Å². The molecule has 0 saturated carbocycles. The number of nitrogens with one attached hydrogen (secondary N) is 2. The minimum absolute atomic E-state index is 0.00857. The number of carbonyl (C=O) groups is 3. The van der Waals surface area contributed by atoms with Crippen molar-refractivity contribution in [2.24, 2.45) is 17.3 Å². The van der Waals surface area contributed by atoms with Crippen LogP contribution in [0.15, 0.2) is 24.3 Å². The molecule has 2 bridgehead atoms. The highest BCUT2D eigenvalue weighted by Crippen LogP contribution is 2.64. The fraction of sp³-hybridized carbons (Fsp3) is 0.719. The van der Waals surface area contributed by atoms with Crippen LogP contribution in [0.1, 0.15) is 87.0 Å². The van der Waals surface area contributed by atoms with Gasteiger partial charge in [-0.15, -0.1) is 0 Å². The SMILES string of the molecule is CCOc1ccc(NC(=O)[C@@H]2[C@H]3C(=O)N(CCCCO)C(C(=O)NC(C)(C)CC(C)(C)C)C34CC[C@@]2(CC)O4)cc1. The fourth-order valence-corrected chi connectivity index (χ4v) is 7.84. The molecule has 5 atom stereocenters. The second-order valence-electron chi connectivity index (χ2n) is 13.9. The summed E-state index contributed by atoms with van der Waals surface area (Å²) in [6.45, 7) is 15.2. The van der Waals surface area contributed by atoms with Crippen LogP contribution in [0.3, 0.4) is 0 Å². The van der Waals surface area contributed by atoms with Gasteiger partial charge in [0.25, 0.3) is 0 Å². The minimum Gasteiger partial charge on any atom is -0.494 e. The number of amides is 3. The molecule has 3 N–H and O–H groups in total.